The number of rotatable bonds is 4. The summed E-state index contributed by atoms with van der Waals surface area (Å²) in [7, 11) is 0. The first-order valence-electron chi connectivity index (χ1n) is 9.30. The van der Waals surface area contributed by atoms with Crippen molar-refractivity contribution in [1.29, 1.82) is 0 Å². The summed E-state index contributed by atoms with van der Waals surface area (Å²) in [4.78, 5) is 17.6. The van der Waals surface area contributed by atoms with Gasteiger partial charge in [0.05, 0.1) is 22.3 Å². The Hall–Kier alpha value is -3.98. The molecule has 9 heteroatoms. The van der Waals surface area contributed by atoms with Crippen molar-refractivity contribution in [3.63, 3.8) is 0 Å². The highest BCUT2D eigenvalue weighted by Gasteiger charge is 2.19. The lowest BCUT2D eigenvalue weighted by Gasteiger charge is -2.09. The van der Waals surface area contributed by atoms with Gasteiger partial charge >= 0.3 is 0 Å². The number of anilines is 1. The zero-order chi connectivity index (χ0) is 21.4. The number of amides is 1. The van der Waals surface area contributed by atoms with E-state index < -0.39 is 0 Å². The van der Waals surface area contributed by atoms with Crippen molar-refractivity contribution in [3.8, 4) is 22.5 Å². The number of nitrogens with one attached hydrogen (secondary N) is 1. The summed E-state index contributed by atoms with van der Waals surface area (Å²) < 4.78 is 22.5. The van der Waals surface area contributed by atoms with Gasteiger partial charge in [0.1, 0.15) is 11.5 Å². The standard InChI is InChI=1S/C22H14FN5O2S/c1-12-20-17(10-18(25-22(20)30-27-12)13-2-6-15(23)7-3-13)21(29)24-16-8-4-14(5-9-16)19-11-31-28-26-19/h2-11H,1H3,(H,24,29). The molecule has 5 aromatic rings. The van der Waals surface area contributed by atoms with Crippen molar-refractivity contribution >= 4 is 34.2 Å². The third-order valence-corrected chi connectivity index (χ3v) is 5.30. The molecular formula is C22H14FN5O2S. The fourth-order valence-corrected chi connectivity index (χ4v) is 3.72. The van der Waals surface area contributed by atoms with Gasteiger partial charge in [0.2, 0.25) is 0 Å². The van der Waals surface area contributed by atoms with Crippen molar-refractivity contribution in [2.75, 3.05) is 5.32 Å². The van der Waals surface area contributed by atoms with E-state index in [1.54, 1.807) is 37.3 Å². The van der Waals surface area contributed by atoms with E-state index in [2.05, 4.69) is 25.0 Å². The SMILES string of the molecule is Cc1noc2nc(-c3ccc(F)cc3)cc(C(=O)Nc3ccc(-c4csnn4)cc3)c12. The first kappa shape index (κ1) is 19.0. The Morgan fingerprint density at radius 1 is 1.03 bits per heavy atom. The molecule has 1 N–H and O–H groups in total. The summed E-state index contributed by atoms with van der Waals surface area (Å²) in [6.07, 6.45) is 0. The molecule has 0 radical (unpaired) electrons. The second-order valence-corrected chi connectivity index (χ2v) is 7.44. The average molecular weight is 431 g/mol. The van der Waals surface area contributed by atoms with Crippen molar-refractivity contribution in [2.45, 2.75) is 6.92 Å². The van der Waals surface area contributed by atoms with E-state index >= 15 is 0 Å². The molecule has 0 saturated heterocycles. The Labute approximate surface area is 179 Å². The molecule has 0 fully saturated rings. The van der Waals surface area contributed by atoms with Crippen molar-refractivity contribution in [1.82, 2.24) is 19.7 Å². The van der Waals surface area contributed by atoms with Gasteiger partial charge in [-0.25, -0.2) is 9.37 Å². The van der Waals surface area contributed by atoms with Gasteiger partial charge in [-0.1, -0.05) is 21.8 Å². The minimum absolute atomic E-state index is 0.246. The predicted octanol–water partition coefficient (Wildman–Crippen LogP) is 5.11. The number of carbonyl (C=O) groups excluding carboxylic acids is 1. The Balaban J connectivity index is 1.50. The molecule has 1 amide bonds. The van der Waals surface area contributed by atoms with Gasteiger partial charge in [-0.3, -0.25) is 4.79 Å². The molecule has 31 heavy (non-hydrogen) atoms. The van der Waals surface area contributed by atoms with Crippen LogP contribution in [0.2, 0.25) is 0 Å². The van der Waals surface area contributed by atoms with Crippen LogP contribution < -0.4 is 5.32 Å². The number of hydrogen-bond acceptors (Lipinski definition) is 7. The molecule has 0 bridgehead atoms. The molecule has 5 rings (SSSR count). The van der Waals surface area contributed by atoms with Crippen LogP contribution in [0.5, 0.6) is 0 Å². The molecule has 152 valence electrons. The fraction of sp³-hybridized carbons (Fsp3) is 0.0455. The van der Waals surface area contributed by atoms with Gasteiger partial charge < -0.3 is 9.84 Å². The summed E-state index contributed by atoms with van der Waals surface area (Å²) >= 11 is 1.28. The number of aromatic nitrogens is 4. The Bertz CT molecular complexity index is 1380. The van der Waals surface area contributed by atoms with Crippen LogP contribution in [0.15, 0.2) is 64.5 Å². The molecule has 0 aliphatic heterocycles. The van der Waals surface area contributed by atoms with Crippen molar-refractivity contribution in [2.24, 2.45) is 0 Å². The summed E-state index contributed by atoms with van der Waals surface area (Å²) in [5, 5.41) is 13.3. The van der Waals surface area contributed by atoms with Crippen LogP contribution in [-0.4, -0.2) is 25.6 Å². The van der Waals surface area contributed by atoms with Gasteiger partial charge in [-0.15, -0.1) is 5.10 Å². The van der Waals surface area contributed by atoms with E-state index in [1.807, 2.05) is 17.5 Å². The third kappa shape index (κ3) is 3.66. The number of aryl methyl sites for hydroxylation is 1. The first-order chi connectivity index (χ1) is 15.1. The molecule has 7 nitrogen and oxygen atoms in total. The topological polar surface area (TPSA) is 93.8 Å². The summed E-state index contributed by atoms with van der Waals surface area (Å²) in [5.74, 6) is -0.680. The van der Waals surface area contributed by atoms with Gasteiger partial charge in [-0.2, -0.15) is 0 Å². The lowest BCUT2D eigenvalue weighted by atomic mass is 10.0. The lowest BCUT2D eigenvalue weighted by Crippen LogP contribution is -2.13. The first-order valence-corrected chi connectivity index (χ1v) is 10.1. The summed E-state index contributed by atoms with van der Waals surface area (Å²) in [6.45, 7) is 1.75. The van der Waals surface area contributed by atoms with Crippen molar-refractivity contribution < 1.29 is 13.7 Å². The monoisotopic (exact) mass is 431 g/mol. The summed E-state index contributed by atoms with van der Waals surface area (Å²) in [5.41, 5.74) is 4.64. The van der Waals surface area contributed by atoms with Gasteiger partial charge in [0, 0.05) is 22.2 Å². The van der Waals surface area contributed by atoms with Gasteiger partial charge in [-0.05, 0) is 60.9 Å². The Kier molecular flexibility index (Phi) is 4.72. The number of benzene rings is 2. The van der Waals surface area contributed by atoms with E-state index in [0.717, 1.165) is 11.3 Å². The van der Waals surface area contributed by atoms with Crippen LogP contribution in [0.1, 0.15) is 16.1 Å². The van der Waals surface area contributed by atoms with Crippen molar-refractivity contribution in [3.05, 3.63) is 77.1 Å². The van der Waals surface area contributed by atoms with Crippen LogP contribution in [0.4, 0.5) is 10.1 Å². The number of carbonyl (C=O) groups is 1. The highest BCUT2D eigenvalue weighted by atomic mass is 32.1. The highest BCUT2D eigenvalue weighted by molar-refractivity contribution is 7.03. The second-order valence-electron chi connectivity index (χ2n) is 6.83. The van der Waals surface area contributed by atoms with Gasteiger partial charge in [0.25, 0.3) is 11.6 Å². The number of nitrogens with zero attached hydrogens (tertiary/aromatic N) is 4. The molecule has 0 saturated carbocycles. The average Bonchev–Trinajstić information content (AvgIpc) is 3.45. The van der Waals surface area contributed by atoms with Gasteiger partial charge in [0.15, 0.2) is 0 Å². The molecule has 0 aliphatic rings. The number of pyridine rings is 1. The molecule has 0 atom stereocenters. The van der Waals surface area contributed by atoms with E-state index in [4.69, 9.17) is 4.52 Å². The Morgan fingerprint density at radius 2 is 1.74 bits per heavy atom. The normalized spacial score (nSPS) is 11.0. The predicted molar refractivity (Wildman–Crippen MR) is 115 cm³/mol. The molecular weight excluding hydrogens is 417 g/mol. The van der Waals surface area contributed by atoms with Crippen LogP contribution in [0, 0.1) is 12.7 Å². The molecule has 3 aromatic heterocycles. The number of halogens is 1. The lowest BCUT2D eigenvalue weighted by molar-refractivity contribution is 0.102. The molecule has 0 spiro atoms. The zero-order valence-corrected chi connectivity index (χ0v) is 17.0. The maximum atomic E-state index is 13.3. The molecule has 0 unspecified atom stereocenters. The van der Waals surface area contributed by atoms with E-state index in [1.165, 1.54) is 23.7 Å². The van der Waals surface area contributed by atoms with Crippen LogP contribution in [-0.2, 0) is 0 Å². The number of fused-ring (bicyclic) bond motifs is 1. The van der Waals surface area contributed by atoms with Crippen LogP contribution in [0.25, 0.3) is 33.6 Å². The zero-order valence-electron chi connectivity index (χ0n) is 16.2. The molecule has 2 aromatic carbocycles. The second kappa shape index (κ2) is 7.69. The highest BCUT2D eigenvalue weighted by Crippen LogP contribution is 2.28. The minimum Gasteiger partial charge on any atom is -0.335 e. The Morgan fingerprint density at radius 3 is 2.45 bits per heavy atom. The maximum Gasteiger partial charge on any atom is 0.259 e. The maximum absolute atomic E-state index is 13.3. The quantitative estimate of drug-likeness (QED) is 0.425. The third-order valence-electron chi connectivity index (χ3n) is 4.80. The fourth-order valence-electron chi connectivity index (χ4n) is 3.26. The van der Waals surface area contributed by atoms with E-state index in [0.29, 0.717) is 33.6 Å². The van der Waals surface area contributed by atoms with E-state index in [-0.39, 0.29) is 17.4 Å². The van der Waals surface area contributed by atoms with Crippen LogP contribution >= 0.6 is 11.5 Å². The smallest absolute Gasteiger partial charge is 0.259 e. The van der Waals surface area contributed by atoms with E-state index in [9.17, 15) is 9.18 Å². The summed E-state index contributed by atoms with van der Waals surface area (Å²) in [6, 6.07) is 14.9. The molecule has 0 aliphatic carbocycles. The minimum atomic E-state index is -0.352. The molecule has 3 heterocycles. The van der Waals surface area contributed by atoms with Crippen LogP contribution in [0.3, 0.4) is 0 Å². The largest absolute Gasteiger partial charge is 0.335 e. The number of hydrogen-bond donors (Lipinski definition) is 1.